The van der Waals surface area contributed by atoms with Crippen LogP contribution < -0.4 is 25.8 Å². The zero-order valence-corrected chi connectivity index (χ0v) is 22.9. The van der Waals surface area contributed by atoms with E-state index in [1.54, 1.807) is 6.92 Å². The summed E-state index contributed by atoms with van der Waals surface area (Å²) >= 11 is 0. The lowest BCUT2D eigenvalue weighted by molar-refractivity contribution is -0.121. The predicted molar refractivity (Wildman–Crippen MR) is 144 cm³/mol. The summed E-state index contributed by atoms with van der Waals surface area (Å²) in [5, 5.41) is 5.39. The normalized spacial score (nSPS) is 13.6. The number of nitrogens with zero attached hydrogens (tertiary/aromatic N) is 1. The minimum atomic E-state index is -3.10. The average Bonchev–Trinajstić information content (AvgIpc) is 3.66. The lowest BCUT2D eigenvalue weighted by Crippen LogP contribution is -2.25. The van der Waals surface area contributed by atoms with E-state index in [1.165, 1.54) is 24.3 Å². The monoisotopic (exact) mass is 592 g/mol. The van der Waals surface area contributed by atoms with Gasteiger partial charge >= 0.3 is 6.61 Å². The molecule has 0 saturated heterocycles. The van der Waals surface area contributed by atoms with Gasteiger partial charge in [-0.3, -0.25) is 9.59 Å². The Morgan fingerprint density at radius 2 is 1.88 bits per heavy atom. The summed E-state index contributed by atoms with van der Waals surface area (Å²) in [6.07, 6.45) is 3.64. The van der Waals surface area contributed by atoms with Crippen LogP contribution in [0.2, 0.25) is 0 Å². The number of aromatic nitrogens is 1. The summed E-state index contributed by atoms with van der Waals surface area (Å²) in [5.74, 6) is -1.96. The van der Waals surface area contributed by atoms with Gasteiger partial charge in [-0.05, 0) is 62.8 Å². The van der Waals surface area contributed by atoms with Gasteiger partial charge in [-0.15, -0.1) is 0 Å². The molecule has 13 heteroatoms. The van der Waals surface area contributed by atoms with Crippen molar-refractivity contribution in [2.75, 3.05) is 13.2 Å². The summed E-state index contributed by atoms with van der Waals surface area (Å²) in [7, 11) is 0. The first-order valence-corrected chi connectivity index (χ1v) is 13.6. The van der Waals surface area contributed by atoms with E-state index in [4.69, 9.17) is 14.9 Å². The fourth-order valence-electron chi connectivity index (χ4n) is 4.04. The van der Waals surface area contributed by atoms with Crippen LogP contribution in [0.15, 0.2) is 40.8 Å². The van der Waals surface area contributed by atoms with Gasteiger partial charge in [0.05, 0.1) is 12.6 Å². The van der Waals surface area contributed by atoms with Crippen LogP contribution in [0.5, 0.6) is 11.5 Å². The van der Waals surface area contributed by atoms with E-state index >= 15 is 0 Å². The zero-order valence-electron chi connectivity index (χ0n) is 22.9. The van der Waals surface area contributed by atoms with Gasteiger partial charge in [0.25, 0.3) is 5.91 Å². The highest BCUT2D eigenvalue weighted by Gasteiger charge is 2.25. The summed E-state index contributed by atoms with van der Waals surface area (Å²) in [6, 6.07) is 6.27. The number of ether oxygens (including phenoxy) is 2. The lowest BCUT2D eigenvalue weighted by atomic mass is 10.2. The molecule has 2 amide bonds. The molecule has 1 atom stereocenters. The molecule has 0 bridgehead atoms. The molecule has 4 rings (SSSR count). The number of unbranched alkanes of at least 4 members (excludes halogenated alkanes) is 1. The Balaban J connectivity index is 1.44. The lowest BCUT2D eigenvalue weighted by Gasteiger charge is -2.13. The van der Waals surface area contributed by atoms with Crippen molar-refractivity contribution in [3.05, 3.63) is 65.1 Å². The molecule has 0 aliphatic heterocycles. The third-order valence-electron chi connectivity index (χ3n) is 6.48. The maximum Gasteiger partial charge on any atom is 0.387 e. The third-order valence-corrected chi connectivity index (χ3v) is 6.48. The second-order valence-electron chi connectivity index (χ2n) is 10.0. The van der Waals surface area contributed by atoms with Gasteiger partial charge in [0.15, 0.2) is 23.0 Å². The molecule has 0 radical (unpaired) electrons. The Hall–Kier alpha value is -4.13. The van der Waals surface area contributed by atoms with E-state index < -0.39 is 30.2 Å². The number of rotatable bonds is 15. The number of alkyl halides is 2. The van der Waals surface area contributed by atoms with Crippen molar-refractivity contribution in [3.8, 4) is 23.0 Å². The Bertz CT molecular complexity index is 1390. The number of halogens is 4. The largest absolute Gasteiger partial charge is 0.490 e. The van der Waals surface area contributed by atoms with Crippen molar-refractivity contribution in [3.63, 3.8) is 0 Å². The summed E-state index contributed by atoms with van der Waals surface area (Å²) in [5.41, 5.74) is 6.18. The summed E-state index contributed by atoms with van der Waals surface area (Å²) < 4.78 is 69.2. The summed E-state index contributed by atoms with van der Waals surface area (Å²) in [4.78, 5) is 29.0. The molecule has 1 heterocycles. The summed E-state index contributed by atoms with van der Waals surface area (Å²) in [6.45, 7) is -0.950. The van der Waals surface area contributed by atoms with Crippen molar-refractivity contribution in [1.29, 1.82) is 0 Å². The van der Waals surface area contributed by atoms with Crippen LogP contribution in [0, 0.1) is 17.6 Å². The molecule has 1 unspecified atom stereocenters. The predicted octanol–water partition coefficient (Wildman–Crippen LogP) is 5.25. The topological polar surface area (TPSA) is 129 Å². The Labute approximate surface area is 239 Å². The van der Waals surface area contributed by atoms with Crippen molar-refractivity contribution in [2.24, 2.45) is 11.7 Å². The maximum absolute atomic E-state index is 14.0. The van der Waals surface area contributed by atoms with Crippen molar-refractivity contribution >= 4 is 11.8 Å². The Morgan fingerprint density at radius 1 is 1.10 bits per heavy atom. The van der Waals surface area contributed by atoms with Gasteiger partial charge in [0.1, 0.15) is 11.6 Å². The molecule has 1 fully saturated rings. The Kier molecular flexibility index (Phi) is 10.4. The molecule has 1 aromatic heterocycles. The van der Waals surface area contributed by atoms with Gasteiger partial charge < -0.3 is 30.3 Å². The van der Waals surface area contributed by atoms with Crippen molar-refractivity contribution in [2.45, 2.75) is 58.2 Å². The smallest absolute Gasteiger partial charge is 0.387 e. The van der Waals surface area contributed by atoms with E-state index in [1.807, 2.05) is 0 Å². The standard InChI is InChI=1S/C29H32F4N4O5/c1-16(34)26-25(27(39)36-15-19-7-9-20(30)13-21(19)31)37-28(42-26)18-8-10-22(41-29(32)33)23(12-18)40-11-3-2-4-24(38)35-14-17-5-6-17/h7-10,12-13,16-17,29H,2-6,11,14-15,34H2,1H3,(H,35,38)(H,36,39). The van der Waals surface area contributed by atoms with Crippen molar-refractivity contribution in [1.82, 2.24) is 15.6 Å². The number of carbonyl (C=O) groups is 2. The maximum atomic E-state index is 14.0. The van der Waals surface area contributed by atoms with E-state index in [0.29, 0.717) is 37.8 Å². The molecule has 2 aromatic carbocycles. The second-order valence-corrected chi connectivity index (χ2v) is 10.0. The molecule has 3 aromatic rings. The van der Waals surface area contributed by atoms with E-state index in [0.717, 1.165) is 18.9 Å². The number of oxazole rings is 1. The SMILES string of the molecule is CC(N)c1oc(-c2ccc(OC(F)F)c(OCCCCC(=O)NCC3CC3)c2)nc1C(=O)NCc1ccc(F)cc1F. The first kappa shape index (κ1) is 30.8. The first-order chi connectivity index (χ1) is 20.1. The highest BCUT2D eigenvalue weighted by molar-refractivity contribution is 5.94. The van der Waals surface area contributed by atoms with Crippen LogP contribution in [0.1, 0.15) is 66.9 Å². The van der Waals surface area contributed by atoms with E-state index in [-0.39, 0.29) is 59.0 Å². The van der Waals surface area contributed by atoms with Crippen LogP contribution in [0.25, 0.3) is 11.5 Å². The van der Waals surface area contributed by atoms with Crippen LogP contribution in [-0.4, -0.2) is 36.6 Å². The first-order valence-electron chi connectivity index (χ1n) is 13.6. The van der Waals surface area contributed by atoms with Crippen LogP contribution in [-0.2, 0) is 11.3 Å². The number of carbonyl (C=O) groups excluding carboxylic acids is 2. The molecule has 42 heavy (non-hydrogen) atoms. The fraction of sp³-hybridized carbons (Fsp3) is 0.414. The molecule has 226 valence electrons. The highest BCUT2D eigenvalue weighted by atomic mass is 19.3. The second kappa shape index (κ2) is 14.2. The number of hydrogen-bond acceptors (Lipinski definition) is 7. The molecule has 0 spiro atoms. The number of nitrogens with one attached hydrogen (secondary N) is 2. The molecule has 1 aliphatic carbocycles. The van der Waals surface area contributed by atoms with Crippen molar-refractivity contribution < 1.29 is 41.0 Å². The van der Waals surface area contributed by atoms with Gasteiger partial charge in [-0.25, -0.2) is 13.8 Å². The average molecular weight is 593 g/mol. The minimum absolute atomic E-state index is 0.00989. The molecular formula is C29H32F4N4O5. The van der Waals surface area contributed by atoms with Gasteiger partial charge in [-0.1, -0.05) is 6.07 Å². The van der Waals surface area contributed by atoms with E-state index in [2.05, 4.69) is 20.4 Å². The van der Waals surface area contributed by atoms with Gasteiger partial charge in [0, 0.05) is 36.7 Å². The number of hydrogen-bond donors (Lipinski definition) is 3. The van der Waals surface area contributed by atoms with E-state index in [9.17, 15) is 27.2 Å². The molecule has 9 nitrogen and oxygen atoms in total. The number of nitrogens with two attached hydrogens (primary N) is 1. The molecule has 4 N–H and O–H groups in total. The molecular weight excluding hydrogens is 560 g/mol. The fourth-order valence-corrected chi connectivity index (χ4v) is 4.04. The van der Waals surface area contributed by atoms with Gasteiger partial charge in [0.2, 0.25) is 11.8 Å². The molecule has 1 aliphatic rings. The zero-order chi connectivity index (χ0) is 30.2. The van der Waals surface area contributed by atoms with Crippen LogP contribution >= 0.6 is 0 Å². The third kappa shape index (κ3) is 8.68. The van der Waals surface area contributed by atoms with Crippen LogP contribution in [0.3, 0.4) is 0 Å². The van der Waals surface area contributed by atoms with Crippen LogP contribution in [0.4, 0.5) is 17.6 Å². The van der Waals surface area contributed by atoms with Gasteiger partial charge in [-0.2, -0.15) is 8.78 Å². The Morgan fingerprint density at radius 3 is 2.57 bits per heavy atom. The quantitative estimate of drug-likeness (QED) is 0.163. The number of benzene rings is 2. The number of amides is 2. The molecule has 1 saturated carbocycles. The minimum Gasteiger partial charge on any atom is -0.490 e. The highest BCUT2D eigenvalue weighted by Crippen LogP contribution is 2.35.